The van der Waals surface area contributed by atoms with E-state index in [1.165, 1.54) is 0 Å². The van der Waals surface area contributed by atoms with E-state index in [4.69, 9.17) is 0 Å². The van der Waals surface area contributed by atoms with E-state index in [2.05, 4.69) is 6.08 Å². The van der Waals surface area contributed by atoms with Crippen LogP contribution in [-0.4, -0.2) is 10.9 Å². The molecule has 1 aliphatic carbocycles. The molecule has 1 aromatic rings. The van der Waals surface area contributed by atoms with Crippen molar-refractivity contribution in [2.75, 3.05) is 0 Å². The molecular formula is C16H16O2. The molecule has 0 saturated heterocycles. The molecule has 0 saturated carbocycles. The lowest BCUT2D eigenvalue weighted by atomic mass is 9.91. The number of hydrogen-bond donors (Lipinski definition) is 1. The Morgan fingerprint density at radius 1 is 1.06 bits per heavy atom. The van der Waals surface area contributed by atoms with Gasteiger partial charge in [0.15, 0.2) is 5.78 Å². The Kier molecular flexibility index (Phi) is 3.19. The zero-order valence-corrected chi connectivity index (χ0v) is 10.8. The molecule has 0 fully saturated rings. The minimum atomic E-state index is 0.0459. The van der Waals surface area contributed by atoms with Gasteiger partial charge in [-0.2, -0.15) is 0 Å². The summed E-state index contributed by atoms with van der Waals surface area (Å²) >= 11 is 0. The molecule has 2 rings (SSSR count). The Bertz CT molecular complexity index is 578. The Hall–Kier alpha value is -2.09. The van der Waals surface area contributed by atoms with E-state index < -0.39 is 0 Å². The topological polar surface area (TPSA) is 37.3 Å². The summed E-state index contributed by atoms with van der Waals surface area (Å²) < 4.78 is 0. The van der Waals surface area contributed by atoms with Gasteiger partial charge in [0.05, 0.1) is 0 Å². The highest BCUT2D eigenvalue weighted by Gasteiger charge is 2.12. The van der Waals surface area contributed by atoms with Crippen LogP contribution in [-0.2, 0) is 4.79 Å². The molecule has 1 N–H and O–H groups in total. The predicted octanol–water partition coefficient (Wildman–Crippen LogP) is 3.56. The second-order valence-corrected chi connectivity index (χ2v) is 4.66. The molecule has 0 aromatic heterocycles. The molecule has 2 heteroatoms. The Morgan fingerprint density at radius 2 is 1.67 bits per heavy atom. The molecular weight excluding hydrogens is 224 g/mol. The van der Waals surface area contributed by atoms with Crippen molar-refractivity contribution in [1.29, 1.82) is 0 Å². The standard InChI is InChI=1S/C16H16O2/c1-10-6-14(17)5-4-13(10)9-16-11(2)7-15(18)8-12(16)3/h4-9,17H,1-3H3. The average Bonchev–Trinajstić information content (AvgIpc) is 2.25. The first kappa shape index (κ1) is 12.4. The quantitative estimate of drug-likeness (QED) is 0.815. The van der Waals surface area contributed by atoms with Gasteiger partial charge < -0.3 is 5.11 Å². The van der Waals surface area contributed by atoms with Gasteiger partial charge in [0.1, 0.15) is 5.75 Å². The monoisotopic (exact) mass is 240 g/mol. The smallest absolute Gasteiger partial charge is 0.179 e. The Balaban J connectivity index is 2.48. The summed E-state index contributed by atoms with van der Waals surface area (Å²) in [4.78, 5) is 11.4. The molecule has 1 aromatic carbocycles. The minimum absolute atomic E-state index is 0.0459. The van der Waals surface area contributed by atoms with Crippen molar-refractivity contribution in [3.63, 3.8) is 0 Å². The van der Waals surface area contributed by atoms with Crippen LogP contribution in [0.2, 0.25) is 0 Å². The summed E-state index contributed by atoms with van der Waals surface area (Å²) in [5.41, 5.74) is 5.10. The molecule has 0 radical (unpaired) electrons. The van der Waals surface area contributed by atoms with Crippen molar-refractivity contribution in [2.24, 2.45) is 0 Å². The molecule has 0 atom stereocenters. The summed E-state index contributed by atoms with van der Waals surface area (Å²) in [6, 6.07) is 5.29. The molecule has 0 heterocycles. The van der Waals surface area contributed by atoms with Crippen molar-refractivity contribution in [3.05, 3.63) is 58.2 Å². The van der Waals surface area contributed by atoms with Gasteiger partial charge in [0.2, 0.25) is 0 Å². The number of carbonyl (C=O) groups excluding carboxylic acids is 1. The number of carbonyl (C=O) groups is 1. The third-order valence-electron chi connectivity index (χ3n) is 3.12. The number of ketones is 1. The summed E-state index contributed by atoms with van der Waals surface area (Å²) in [6.45, 7) is 5.84. The van der Waals surface area contributed by atoms with Crippen LogP contribution in [0.25, 0.3) is 6.08 Å². The van der Waals surface area contributed by atoms with Gasteiger partial charge in [-0.3, -0.25) is 4.79 Å². The van der Waals surface area contributed by atoms with Gasteiger partial charge in [0.25, 0.3) is 0 Å². The molecule has 0 amide bonds. The number of hydrogen-bond acceptors (Lipinski definition) is 2. The molecule has 0 spiro atoms. The number of phenolic OH excluding ortho intramolecular Hbond substituents is 1. The van der Waals surface area contributed by atoms with Crippen LogP contribution in [0.15, 0.2) is 47.1 Å². The van der Waals surface area contributed by atoms with E-state index in [1.807, 2.05) is 26.8 Å². The Morgan fingerprint density at radius 3 is 2.22 bits per heavy atom. The van der Waals surface area contributed by atoms with Gasteiger partial charge in [-0.25, -0.2) is 0 Å². The normalized spacial score (nSPS) is 15.3. The lowest BCUT2D eigenvalue weighted by molar-refractivity contribution is -0.110. The molecule has 2 nitrogen and oxygen atoms in total. The van der Waals surface area contributed by atoms with Crippen LogP contribution in [0, 0.1) is 6.92 Å². The van der Waals surface area contributed by atoms with E-state index in [-0.39, 0.29) is 11.5 Å². The van der Waals surface area contributed by atoms with Crippen molar-refractivity contribution >= 4 is 11.9 Å². The van der Waals surface area contributed by atoms with Gasteiger partial charge in [0, 0.05) is 0 Å². The number of rotatable bonds is 1. The number of phenols is 1. The van der Waals surface area contributed by atoms with Crippen LogP contribution in [0.3, 0.4) is 0 Å². The zero-order valence-electron chi connectivity index (χ0n) is 10.8. The Labute approximate surface area is 107 Å². The highest BCUT2D eigenvalue weighted by atomic mass is 16.3. The molecule has 0 bridgehead atoms. The third kappa shape index (κ3) is 2.43. The van der Waals surface area contributed by atoms with Crippen molar-refractivity contribution in [2.45, 2.75) is 20.8 Å². The fraction of sp³-hybridized carbons (Fsp3) is 0.188. The highest BCUT2D eigenvalue weighted by Crippen LogP contribution is 2.27. The average molecular weight is 240 g/mol. The van der Waals surface area contributed by atoms with Crippen LogP contribution >= 0.6 is 0 Å². The molecule has 0 unspecified atom stereocenters. The summed E-state index contributed by atoms with van der Waals surface area (Å²) in [7, 11) is 0. The fourth-order valence-electron chi connectivity index (χ4n) is 2.14. The first-order valence-corrected chi connectivity index (χ1v) is 5.90. The zero-order chi connectivity index (χ0) is 13.3. The maximum absolute atomic E-state index is 11.4. The second-order valence-electron chi connectivity index (χ2n) is 4.66. The summed E-state index contributed by atoms with van der Waals surface area (Å²) in [5.74, 6) is 0.317. The van der Waals surface area contributed by atoms with Crippen molar-refractivity contribution in [1.82, 2.24) is 0 Å². The van der Waals surface area contributed by atoms with Crippen molar-refractivity contribution in [3.8, 4) is 5.75 Å². The van der Waals surface area contributed by atoms with E-state index in [9.17, 15) is 9.90 Å². The second kappa shape index (κ2) is 4.65. The van der Waals surface area contributed by atoms with E-state index in [0.717, 1.165) is 27.8 Å². The maximum Gasteiger partial charge on any atom is 0.179 e. The lowest BCUT2D eigenvalue weighted by Gasteiger charge is -2.13. The summed E-state index contributed by atoms with van der Waals surface area (Å²) in [5, 5.41) is 9.39. The lowest BCUT2D eigenvalue weighted by Crippen LogP contribution is -2.02. The number of aromatic hydroxyl groups is 1. The van der Waals surface area contributed by atoms with Gasteiger partial charge >= 0.3 is 0 Å². The van der Waals surface area contributed by atoms with E-state index >= 15 is 0 Å². The summed E-state index contributed by atoms with van der Waals surface area (Å²) in [6.07, 6.45) is 5.35. The number of allylic oxidation sites excluding steroid dienone is 5. The molecule has 0 aliphatic heterocycles. The maximum atomic E-state index is 11.4. The largest absolute Gasteiger partial charge is 0.508 e. The first-order chi connectivity index (χ1) is 8.47. The van der Waals surface area contributed by atoms with Crippen LogP contribution in [0.1, 0.15) is 25.0 Å². The highest BCUT2D eigenvalue weighted by molar-refractivity contribution is 6.03. The van der Waals surface area contributed by atoms with Crippen LogP contribution < -0.4 is 0 Å². The van der Waals surface area contributed by atoms with Gasteiger partial charge in [-0.15, -0.1) is 0 Å². The third-order valence-corrected chi connectivity index (χ3v) is 3.12. The van der Waals surface area contributed by atoms with E-state index in [1.54, 1.807) is 24.3 Å². The van der Waals surface area contributed by atoms with Crippen LogP contribution in [0.4, 0.5) is 0 Å². The van der Waals surface area contributed by atoms with E-state index in [0.29, 0.717) is 0 Å². The first-order valence-electron chi connectivity index (χ1n) is 5.90. The molecule has 92 valence electrons. The minimum Gasteiger partial charge on any atom is -0.508 e. The van der Waals surface area contributed by atoms with Gasteiger partial charge in [-0.1, -0.05) is 6.07 Å². The predicted molar refractivity (Wildman–Crippen MR) is 73.3 cm³/mol. The fourth-order valence-corrected chi connectivity index (χ4v) is 2.14. The van der Waals surface area contributed by atoms with Gasteiger partial charge in [-0.05, 0) is 79.0 Å². The van der Waals surface area contributed by atoms with Crippen molar-refractivity contribution < 1.29 is 9.90 Å². The SMILES string of the molecule is CC1=CC(=O)C=C(C)C1=Cc1ccc(O)cc1C. The number of benzene rings is 1. The molecule has 18 heavy (non-hydrogen) atoms. The van der Waals surface area contributed by atoms with Crippen LogP contribution in [0.5, 0.6) is 5.75 Å². The number of aryl methyl sites for hydroxylation is 1. The molecule has 1 aliphatic rings.